The predicted octanol–water partition coefficient (Wildman–Crippen LogP) is 2.66. The van der Waals surface area contributed by atoms with Crippen molar-refractivity contribution in [3.05, 3.63) is 58.9 Å². The van der Waals surface area contributed by atoms with Crippen molar-refractivity contribution in [2.75, 3.05) is 11.9 Å². The summed E-state index contributed by atoms with van der Waals surface area (Å²) in [6.07, 6.45) is 3.33. The molecule has 0 aliphatic heterocycles. The summed E-state index contributed by atoms with van der Waals surface area (Å²) < 4.78 is 0. The van der Waals surface area contributed by atoms with Crippen LogP contribution in [0.2, 0.25) is 5.02 Å². The molecule has 5 heteroatoms. The molecule has 0 atom stereocenters. The Morgan fingerprint density at radius 1 is 1.37 bits per heavy atom. The third-order valence-corrected chi connectivity index (χ3v) is 3.24. The fraction of sp³-hybridized carbons (Fsp3) is 0.143. The van der Waals surface area contributed by atoms with E-state index in [4.69, 9.17) is 22.7 Å². The van der Waals surface area contributed by atoms with Crippen LogP contribution in [0.5, 0.6) is 0 Å². The zero-order chi connectivity index (χ0) is 13.8. The molecular formula is C14H15ClN4. The molecule has 0 aliphatic carbocycles. The highest BCUT2D eigenvalue weighted by atomic mass is 35.5. The summed E-state index contributed by atoms with van der Waals surface area (Å²) in [7, 11) is 1.92. The Hall–Kier alpha value is -2.07. The Balaban J connectivity index is 2.28. The fourth-order valence-corrected chi connectivity index (χ4v) is 2.08. The molecule has 2 rings (SSSR count). The Morgan fingerprint density at radius 2 is 2.11 bits per heavy atom. The fourth-order valence-electron chi connectivity index (χ4n) is 1.89. The van der Waals surface area contributed by atoms with Crippen molar-refractivity contribution in [2.45, 2.75) is 6.54 Å². The van der Waals surface area contributed by atoms with Crippen molar-refractivity contribution in [1.82, 2.24) is 4.98 Å². The number of anilines is 1. The molecule has 0 aliphatic rings. The molecule has 1 heterocycles. The number of aromatic nitrogens is 1. The van der Waals surface area contributed by atoms with E-state index in [-0.39, 0.29) is 5.84 Å². The van der Waals surface area contributed by atoms with Crippen LogP contribution in [0.25, 0.3) is 0 Å². The van der Waals surface area contributed by atoms with Gasteiger partial charge in [-0.1, -0.05) is 29.8 Å². The summed E-state index contributed by atoms with van der Waals surface area (Å²) in [6.45, 7) is 0.631. The number of nitrogens with two attached hydrogens (primary N) is 1. The zero-order valence-corrected chi connectivity index (χ0v) is 11.4. The van der Waals surface area contributed by atoms with Gasteiger partial charge < -0.3 is 10.6 Å². The van der Waals surface area contributed by atoms with Crippen LogP contribution in [0.15, 0.2) is 42.7 Å². The molecule has 0 bridgehead atoms. The second-order valence-corrected chi connectivity index (χ2v) is 4.66. The minimum absolute atomic E-state index is 0.0309. The van der Waals surface area contributed by atoms with Crippen molar-refractivity contribution in [1.29, 1.82) is 5.41 Å². The standard InChI is InChI=1S/C14H15ClN4/c1-19(9-10-4-2-3-5-12(10)15)13-8-18-7-6-11(13)14(16)17/h2-8H,9H2,1H3,(H3,16,17). The topological polar surface area (TPSA) is 66.0 Å². The number of rotatable bonds is 4. The lowest BCUT2D eigenvalue weighted by atomic mass is 10.1. The SMILES string of the molecule is CN(Cc1ccccc1Cl)c1cnccc1C(=N)N. The summed E-state index contributed by atoms with van der Waals surface area (Å²) in [5.41, 5.74) is 8.08. The molecule has 0 saturated heterocycles. The zero-order valence-electron chi connectivity index (χ0n) is 10.6. The van der Waals surface area contributed by atoms with Crippen LogP contribution in [0.3, 0.4) is 0 Å². The number of nitrogens with one attached hydrogen (secondary N) is 1. The Bertz CT molecular complexity index is 598. The number of amidine groups is 1. The molecule has 0 saturated carbocycles. The van der Waals surface area contributed by atoms with Gasteiger partial charge in [0, 0.05) is 30.4 Å². The van der Waals surface area contributed by atoms with Gasteiger partial charge in [0.25, 0.3) is 0 Å². The maximum atomic E-state index is 7.59. The predicted molar refractivity (Wildman–Crippen MR) is 78.8 cm³/mol. The van der Waals surface area contributed by atoms with Crippen molar-refractivity contribution in [2.24, 2.45) is 5.73 Å². The van der Waals surface area contributed by atoms with E-state index in [1.807, 2.05) is 36.2 Å². The molecule has 19 heavy (non-hydrogen) atoms. The van der Waals surface area contributed by atoms with Gasteiger partial charge in [-0.3, -0.25) is 10.4 Å². The van der Waals surface area contributed by atoms with Gasteiger partial charge in [-0.05, 0) is 17.7 Å². The highest BCUT2D eigenvalue weighted by Crippen LogP contribution is 2.22. The van der Waals surface area contributed by atoms with Gasteiger partial charge in [0.05, 0.1) is 11.9 Å². The smallest absolute Gasteiger partial charge is 0.125 e. The third-order valence-electron chi connectivity index (χ3n) is 2.87. The van der Waals surface area contributed by atoms with Crippen LogP contribution < -0.4 is 10.6 Å². The average molecular weight is 275 g/mol. The first-order chi connectivity index (χ1) is 9.09. The first-order valence-electron chi connectivity index (χ1n) is 5.82. The van der Waals surface area contributed by atoms with Gasteiger partial charge in [0.15, 0.2) is 0 Å². The molecular weight excluding hydrogens is 260 g/mol. The summed E-state index contributed by atoms with van der Waals surface area (Å²) in [4.78, 5) is 6.06. The first-order valence-corrected chi connectivity index (χ1v) is 6.20. The maximum absolute atomic E-state index is 7.59. The highest BCUT2D eigenvalue weighted by Gasteiger charge is 2.11. The molecule has 4 nitrogen and oxygen atoms in total. The maximum Gasteiger partial charge on any atom is 0.125 e. The molecule has 0 unspecified atom stereocenters. The number of pyridine rings is 1. The molecule has 3 N–H and O–H groups in total. The van der Waals surface area contributed by atoms with E-state index in [1.165, 1.54) is 0 Å². The summed E-state index contributed by atoms with van der Waals surface area (Å²) in [5.74, 6) is 0.0309. The van der Waals surface area contributed by atoms with E-state index >= 15 is 0 Å². The molecule has 0 spiro atoms. The van der Waals surface area contributed by atoms with Crippen LogP contribution in [-0.4, -0.2) is 17.9 Å². The van der Waals surface area contributed by atoms with Crippen LogP contribution >= 0.6 is 11.6 Å². The Morgan fingerprint density at radius 3 is 2.79 bits per heavy atom. The van der Waals surface area contributed by atoms with Gasteiger partial charge >= 0.3 is 0 Å². The van der Waals surface area contributed by atoms with E-state index in [0.717, 1.165) is 16.3 Å². The third kappa shape index (κ3) is 3.03. The lowest BCUT2D eigenvalue weighted by molar-refractivity contribution is 0.916. The number of hydrogen-bond acceptors (Lipinski definition) is 3. The van der Waals surface area contributed by atoms with Crippen molar-refractivity contribution >= 4 is 23.1 Å². The largest absolute Gasteiger partial charge is 0.384 e. The first kappa shape index (κ1) is 13.4. The van der Waals surface area contributed by atoms with Crippen molar-refractivity contribution in [3.63, 3.8) is 0 Å². The highest BCUT2D eigenvalue weighted by molar-refractivity contribution is 6.31. The number of hydrogen-bond donors (Lipinski definition) is 2. The van der Waals surface area contributed by atoms with Gasteiger partial charge in [-0.15, -0.1) is 0 Å². The van der Waals surface area contributed by atoms with Crippen LogP contribution in [-0.2, 0) is 6.54 Å². The summed E-state index contributed by atoms with van der Waals surface area (Å²) >= 11 is 6.15. The van der Waals surface area contributed by atoms with Crippen LogP contribution in [0, 0.1) is 5.41 Å². The van der Waals surface area contributed by atoms with E-state index in [1.54, 1.807) is 18.5 Å². The minimum Gasteiger partial charge on any atom is -0.384 e. The van der Waals surface area contributed by atoms with Gasteiger partial charge in [-0.25, -0.2) is 0 Å². The second-order valence-electron chi connectivity index (χ2n) is 4.25. The van der Waals surface area contributed by atoms with E-state index in [9.17, 15) is 0 Å². The normalized spacial score (nSPS) is 10.2. The number of benzene rings is 1. The van der Waals surface area contributed by atoms with E-state index in [0.29, 0.717) is 12.1 Å². The monoisotopic (exact) mass is 274 g/mol. The Kier molecular flexibility index (Phi) is 4.02. The molecule has 2 aromatic rings. The van der Waals surface area contributed by atoms with Crippen LogP contribution in [0.4, 0.5) is 5.69 Å². The average Bonchev–Trinajstić information content (AvgIpc) is 2.41. The van der Waals surface area contributed by atoms with E-state index in [2.05, 4.69) is 4.98 Å². The lowest BCUT2D eigenvalue weighted by Crippen LogP contribution is -2.22. The molecule has 98 valence electrons. The molecule has 1 aromatic carbocycles. The van der Waals surface area contributed by atoms with Gasteiger partial charge in [0.2, 0.25) is 0 Å². The minimum atomic E-state index is 0.0309. The number of nitrogens with zero attached hydrogens (tertiary/aromatic N) is 2. The van der Waals surface area contributed by atoms with Crippen LogP contribution in [0.1, 0.15) is 11.1 Å². The molecule has 0 radical (unpaired) electrons. The lowest BCUT2D eigenvalue weighted by Gasteiger charge is -2.22. The van der Waals surface area contributed by atoms with Crippen molar-refractivity contribution < 1.29 is 0 Å². The van der Waals surface area contributed by atoms with Gasteiger partial charge in [0.1, 0.15) is 5.84 Å². The summed E-state index contributed by atoms with van der Waals surface area (Å²) in [6, 6.07) is 9.42. The van der Waals surface area contributed by atoms with Gasteiger partial charge in [-0.2, -0.15) is 0 Å². The quantitative estimate of drug-likeness (QED) is 0.665. The second kappa shape index (κ2) is 5.71. The number of nitrogen functional groups attached to an aromatic ring is 1. The number of halogens is 1. The molecule has 1 aromatic heterocycles. The van der Waals surface area contributed by atoms with Crippen molar-refractivity contribution in [3.8, 4) is 0 Å². The summed E-state index contributed by atoms with van der Waals surface area (Å²) in [5, 5.41) is 8.31. The molecule has 0 fully saturated rings. The molecule has 0 amide bonds. The van der Waals surface area contributed by atoms with E-state index < -0.39 is 0 Å². The Labute approximate surface area is 117 Å².